The van der Waals surface area contributed by atoms with Gasteiger partial charge in [-0.25, -0.2) is 9.79 Å². The fourth-order valence-electron chi connectivity index (χ4n) is 1.37. The van der Waals surface area contributed by atoms with Gasteiger partial charge in [0.15, 0.2) is 0 Å². The third-order valence-corrected chi connectivity index (χ3v) is 2.00. The van der Waals surface area contributed by atoms with E-state index in [1.54, 1.807) is 6.08 Å². The Hall–Kier alpha value is -0.660. The van der Waals surface area contributed by atoms with Crippen LogP contribution in [-0.2, 0) is 4.79 Å². The summed E-state index contributed by atoms with van der Waals surface area (Å²) < 4.78 is 0. The lowest BCUT2D eigenvalue weighted by Gasteiger charge is -2.23. The molecule has 56 valence electrons. The van der Waals surface area contributed by atoms with E-state index in [1.807, 2.05) is 0 Å². The SMILES string of the molecule is NC1CCCCC1N=C=O. The molecule has 1 aliphatic carbocycles. The van der Waals surface area contributed by atoms with Crippen molar-refractivity contribution in [2.45, 2.75) is 37.8 Å². The smallest absolute Gasteiger partial charge is 0.235 e. The average Bonchev–Trinajstić information content (AvgIpc) is 1.94. The third kappa shape index (κ3) is 1.66. The Morgan fingerprint density at radius 3 is 2.70 bits per heavy atom. The topological polar surface area (TPSA) is 55.4 Å². The fraction of sp³-hybridized carbons (Fsp3) is 0.857. The van der Waals surface area contributed by atoms with E-state index in [1.165, 1.54) is 6.42 Å². The van der Waals surface area contributed by atoms with Crippen molar-refractivity contribution >= 4 is 6.08 Å². The van der Waals surface area contributed by atoms with Gasteiger partial charge in [-0.1, -0.05) is 12.8 Å². The number of carbonyl (C=O) groups excluding carboxylic acids is 1. The van der Waals surface area contributed by atoms with Crippen LogP contribution < -0.4 is 5.73 Å². The first-order valence-electron chi connectivity index (χ1n) is 3.67. The maximum absolute atomic E-state index is 9.87. The number of nitrogens with two attached hydrogens (primary N) is 1. The molecule has 2 N–H and O–H groups in total. The van der Waals surface area contributed by atoms with Gasteiger partial charge in [0.1, 0.15) is 0 Å². The van der Waals surface area contributed by atoms with Crippen molar-refractivity contribution in [2.24, 2.45) is 10.7 Å². The number of isocyanates is 1. The largest absolute Gasteiger partial charge is 0.326 e. The van der Waals surface area contributed by atoms with Crippen molar-refractivity contribution in [1.29, 1.82) is 0 Å². The van der Waals surface area contributed by atoms with Gasteiger partial charge in [0.2, 0.25) is 6.08 Å². The summed E-state index contributed by atoms with van der Waals surface area (Å²) in [7, 11) is 0. The summed E-state index contributed by atoms with van der Waals surface area (Å²) in [6, 6.07) is 0.140. The highest BCUT2D eigenvalue weighted by molar-refractivity contribution is 5.33. The molecule has 0 aliphatic heterocycles. The highest BCUT2D eigenvalue weighted by atomic mass is 16.1. The molecular formula is C7H12N2O. The fourth-order valence-corrected chi connectivity index (χ4v) is 1.37. The Morgan fingerprint density at radius 2 is 2.10 bits per heavy atom. The van der Waals surface area contributed by atoms with Gasteiger partial charge < -0.3 is 5.73 Å². The van der Waals surface area contributed by atoms with E-state index in [2.05, 4.69) is 4.99 Å². The monoisotopic (exact) mass is 140 g/mol. The van der Waals surface area contributed by atoms with Gasteiger partial charge in [-0.15, -0.1) is 0 Å². The molecule has 2 atom stereocenters. The predicted octanol–water partition coefficient (Wildman–Crippen LogP) is 0.592. The normalized spacial score (nSPS) is 32.9. The number of rotatable bonds is 1. The van der Waals surface area contributed by atoms with Crippen LogP contribution in [0.3, 0.4) is 0 Å². The molecule has 0 amide bonds. The molecule has 0 aromatic carbocycles. The maximum Gasteiger partial charge on any atom is 0.235 e. The minimum absolute atomic E-state index is 0.0475. The van der Waals surface area contributed by atoms with Crippen LogP contribution in [0.4, 0.5) is 0 Å². The molecule has 0 aromatic heterocycles. The Morgan fingerprint density at radius 1 is 1.40 bits per heavy atom. The average molecular weight is 140 g/mol. The maximum atomic E-state index is 9.87. The molecule has 3 nitrogen and oxygen atoms in total. The molecule has 0 saturated heterocycles. The molecule has 0 spiro atoms. The van der Waals surface area contributed by atoms with Crippen LogP contribution in [0, 0.1) is 0 Å². The zero-order valence-corrected chi connectivity index (χ0v) is 5.92. The highest BCUT2D eigenvalue weighted by Gasteiger charge is 2.20. The first-order chi connectivity index (χ1) is 4.84. The lowest BCUT2D eigenvalue weighted by molar-refractivity contribution is 0.384. The van der Waals surface area contributed by atoms with Crippen LogP contribution in [0.2, 0.25) is 0 Å². The van der Waals surface area contributed by atoms with Crippen LogP contribution in [0.25, 0.3) is 0 Å². The molecule has 1 fully saturated rings. The Kier molecular flexibility index (Phi) is 2.60. The quantitative estimate of drug-likeness (QED) is 0.428. The molecule has 1 aliphatic rings. The van der Waals surface area contributed by atoms with E-state index in [-0.39, 0.29) is 12.1 Å². The second kappa shape index (κ2) is 3.49. The highest BCUT2D eigenvalue weighted by Crippen LogP contribution is 2.18. The van der Waals surface area contributed by atoms with Crippen molar-refractivity contribution in [1.82, 2.24) is 0 Å². The third-order valence-electron chi connectivity index (χ3n) is 2.00. The Balaban J connectivity index is 2.47. The molecule has 0 bridgehead atoms. The van der Waals surface area contributed by atoms with Crippen molar-refractivity contribution in [3.63, 3.8) is 0 Å². The molecule has 0 aromatic rings. The lowest BCUT2D eigenvalue weighted by atomic mass is 9.92. The van der Waals surface area contributed by atoms with Gasteiger partial charge in [0, 0.05) is 6.04 Å². The molecule has 0 radical (unpaired) electrons. The van der Waals surface area contributed by atoms with Crippen molar-refractivity contribution in [3.05, 3.63) is 0 Å². The number of aliphatic imine (C=N–C) groups is 1. The standard InChI is InChI=1S/C7H12N2O/c8-6-3-1-2-4-7(6)9-5-10/h6-7H,1-4,8H2. The van der Waals surface area contributed by atoms with E-state index in [9.17, 15) is 4.79 Å². The molecule has 1 rings (SSSR count). The van der Waals surface area contributed by atoms with Gasteiger partial charge >= 0.3 is 0 Å². The molecule has 0 heterocycles. The number of hydrogen-bond acceptors (Lipinski definition) is 3. The minimum Gasteiger partial charge on any atom is -0.326 e. The summed E-state index contributed by atoms with van der Waals surface area (Å²) >= 11 is 0. The van der Waals surface area contributed by atoms with Crippen LogP contribution in [0.5, 0.6) is 0 Å². The number of hydrogen-bond donors (Lipinski definition) is 1. The second-order valence-electron chi connectivity index (χ2n) is 2.74. The van der Waals surface area contributed by atoms with Gasteiger partial charge in [0.05, 0.1) is 6.04 Å². The van der Waals surface area contributed by atoms with Crippen LogP contribution in [0.15, 0.2) is 4.99 Å². The summed E-state index contributed by atoms with van der Waals surface area (Å²) in [5.74, 6) is 0. The van der Waals surface area contributed by atoms with E-state index in [4.69, 9.17) is 5.73 Å². The minimum atomic E-state index is 0.0475. The van der Waals surface area contributed by atoms with Crippen LogP contribution >= 0.6 is 0 Å². The summed E-state index contributed by atoms with van der Waals surface area (Å²) in [5, 5.41) is 0. The lowest BCUT2D eigenvalue weighted by Crippen LogP contribution is -2.35. The van der Waals surface area contributed by atoms with Crippen molar-refractivity contribution in [3.8, 4) is 0 Å². The van der Waals surface area contributed by atoms with Gasteiger partial charge in [0.25, 0.3) is 0 Å². The van der Waals surface area contributed by atoms with E-state index in [0.29, 0.717) is 0 Å². The van der Waals surface area contributed by atoms with Crippen molar-refractivity contribution in [2.75, 3.05) is 0 Å². The zero-order chi connectivity index (χ0) is 7.40. The van der Waals surface area contributed by atoms with Gasteiger partial charge in [-0.05, 0) is 12.8 Å². The summed E-state index contributed by atoms with van der Waals surface area (Å²) in [4.78, 5) is 13.5. The predicted molar refractivity (Wildman–Crippen MR) is 38.4 cm³/mol. The zero-order valence-electron chi connectivity index (χ0n) is 5.92. The summed E-state index contributed by atoms with van der Waals surface area (Å²) in [5.41, 5.74) is 5.69. The molecule has 10 heavy (non-hydrogen) atoms. The summed E-state index contributed by atoms with van der Waals surface area (Å²) in [6.07, 6.45) is 5.83. The first-order valence-corrected chi connectivity index (χ1v) is 3.67. The molecular weight excluding hydrogens is 128 g/mol. The van der Waals surface area contributed by atoms with Gasteiger partial charge in [-0.2, -0.15) is 0 Å². The van der Waals surface area contributed by atoms with E-state index >= 15 is 0 Å². The first kappa shape index (κ1) is 7.45. The molecule has 3 heteroatoms. The second-order valence-corrected chi connectivity index (χ2v) is 2.74. The molecule has 2 unspecified atom stereocenters. The van der Waals surface area contributed by atoms with Gasteiger partial charge in [-0.3, -0.25) is 0 Å². The van der Waals surface area contributed by atoms with Crippen LogP contribution in [-0.4, -0.2) is 18.2 Å². The van der Waals surface area contributed by atoms with Crippen LogP contribution in [0.1, 0.15) is 25.7 Å². The van der Waals surface area contributed by atoms with Crippen molar-refractivity contribution < 1.29 is 4.79 Å². The number of nitrogens with zero attached hydrogens (tertiary/aromatic N) is 1. The Labute approximate surface area is 60.3 Å². The van der Waals surface area contributed by atoms with E-state index < -0.39 is 0 Å². The molecule has 1 saturated carbocycles. The Bertz CT molecular complexity index is 152. The van der Waals surface area contributed by atoms with E-state index in [0.717, 1.165) is 19.3 Å². The summed E-state index contributed by atoms with van der Waals surface area (Å²) in [6.45, 7) is 0.